The topological polar surface area (TPSA) is 0 Å². The molecule has 0 unspecified atom stereocenters. The number of fused-ring (bicyclic) bond motifs is 3. The third-order valence-electron chi connectivity index (χ3n) is 3.30. The van der Waals surface area contributed by atoms with Crippen LogP contribution in [-0.2, 0) is 6.42 Å². The van der Waals surface area contributed by atoms with Crippen LogP contribution in [0.4, 0.5) is 0 Å². The van der Waals surface area contributed by atoms with Crippen molar-refractivity contribution in [1.82, 2.24) is 0 Å². The second-order valence-electron chi connectivity index (χ2n) is 4.98. The zero-order chi connectivity index (χ0) is 11.3. The first-order chi connectivity index (χ1) is 7.65. The fourth-order valence-corrected chi connectivity index (χ4v) is 3.60. The molecule has 0 N–H and O–H groups in total. The molecule has 1 heterocycles. The van der Waals surface area contributed by atoms with Crippen LogP contribution in [0.25, 0.3) is 11.1 Å². The monoisotopic (exact) mass is 228 g/mol. The zero-order valence-corrected chi connectivity index (χ0v) is 10.8. The summed E-state index contributed by atoms with van der Waals surface area (Å²) in [5.74, 6) is 0.657. The summed E-state index contributed by atoms with van der Waals surface area (Å²) in [6.07, 6.45) is 1.14. The van der Waals surface area contributed by atoms with Gasteiger partial charge in [0.2, 0.25) is 0 Å². The molecule has 0 fully saturated rings. The summed E-state index contributed by atoms with van der Waals surface area (Å²) in [6, 6.07) is 9.23. The van der Waals surface area contributed by atoms with Crippen LogP contribution >= 0.6 is 11.3 Å². The molecule has 0 spiro atoms. The van der Waals surface area contributed by atoms with Crippen LogP contribution in [0.15, 0.2) is 24.3 Å². The molecule has 0 radical (unpaired) electrons. The van der Waals surface area contributed by atoms with Crippen molar-refractivity contribution in [2.24, 2.45) is 0 Å². The maximum absolute atomic E-state index is 2.39. The minimum atomic E-state index is 0.657. The van der Waals surface area contributed by atoms with E-state index in [1.165, 1.54) is 27.1 Å². The number of aryl methyl sites for hydroxylation is 1. The standard InChI is InChI=1S/C15H16S/c1-9(2)14-8-13-12-5-4-10(3)6-11(12)7-15(13)16-14/h4-6,8-9H,7H2,1-3H3. The van der Waals surface area contributed by atoms with Gasteiger partial charge in [0.15, 0.2) is 0 Å². The SMILES string of the molecule is Cc1ccc2c(c1)Cc1sc(C(C)C)cc1-2. The van der Waals surface area contributed by atoms with E-state index in [2.05, 4.69) is 45.0 Å². The van der Waals surface area contributed by atoms with Gasteiger partial charge in [-0.3, -0.25) is 0 Å². The molecule has 1 aromatic heterocycles. The lowest BCUT2D eigenvalue weighted by Crippen LogP contribution is -1.83. The van der Waals surface area contributed by atoms with E-state index in [9.17, 15) is 0 Å². The Bertz CT molecular complexity index is 547. The highest BCUT2D eigenvalue weighted by Gasteiger charge is 2.21. The van der Waals surface area contributed by atoms with Gasteiger partial charge in [-0.05, 0) is 35.6 Å². The summed E-state index contributed by atoms with van der Waals surface area (Å²) >= 11 is 1.99. The third-order valence-corrected chi connectivity index (χ3v) is 4.73. The van der Waals surface area contributed by atoms with Crippen molar-refractivity contribution in [1.29, 1.82) is 0 Å². The van der Waals surface area contributed by atoms with Gasteiger partial charge in [0.25, 0.3) is 0 Å². The molecule has 3 rings (SSSR count). The summed E-state index contributed by atoms with van der Waals surface area (Å²) in [5, 5.41) is 0. The Morgan fingerprint density at radius 2 is 1.94 bits per heavy atom. The fraction of sp³-hybridized carbons (Fsp3) is 0.333. The van der Waals surface area contributed by atoms with Crippen LogP contribution in [0.1, 0.15) is 40.6 Å². The van der Waals surface area contributed by atoms with Crippen molar-refractivity contribution in [3.05, 3.63) is 45.1 Å². The lowest BCUT2D eigenvalue weighted by Gasteiger charge is -2.02. The van der Waals surface area contributed by atoms with Gasteiger partial charge in [0.05, 0.1) is 0 Å². The molecular weight excluding hydrogens is 212 g/mol. The average molecular weight is 228 g/mol. The first-order valence-electron chi connectivity index (χ1n) is 5.87. The lowest BCUT2D eigenvalue weighted by atomic mass is 10.0. The van der Waals surface area contributed by atoms with Crippen LogP contribution in [-0.4, -0.2) is 0 Å². The van der Waals surface area contributed by atoms with E-state index in [1.807, 2.05) is 11.3 Å². The normalized spacial score (nSPS) is 13.0. The predicted octanol–water partition coefficient (Wildman–Crippen LogP) is 4.75. The fourth-order valence-electron chi connectivity index (χ4n) is 2.40. The zero-order valence-electron chi connectivity index (χ0n) is 10.0. The van der Waals surface area contributed by atoms with E-state index in [0.29, 0.717) is 5.92 Å². The van der Waals surface area contributed by atoms with Gasteiger partial charge >= 0.3 is 0 Å². The van der Waals surface area contributed by atoms with Gasteiger partial charge in [0, 0.05) is 16.2 Å². The molecule has 2 aromatic rings. The summed E-state index contributed by atoms with van der Waals surface area (Å²) in [6.45, 7) is 6.72. The van der Waals surface area contributed by atoms with Gasteiger partial charge in [-0.15, -0.1) is 11.3 Å². The van der Waals surface area contributed by atoms with Crippen LogP contribution in [0.3, 0.4) is 0 Å². The van der Waals surface area contributed by atoms with E-state index >= 15 is 0 Å². The molecule has 0 atom stereocenters. The quantitative estimate of drug-likeness (QED) is 0.564. The highest BCUT2D eigenvalue weighted by atomic mass is 32.1. The Balaban J connectivity index is 2.13. The molecule has 82 valence electrons. The first-order valence-corrected chi connectivity index (χ1v) is 6.69. The van der Waals surface area contributed by atoms with Crippen LogP contribution in [0.5, 0.6) is 0 Å². The maximum Gasteiger partial charge on any atom is 0.0171 e. The summed E-state index contributed by atoms with van der Waals surface area (Å²) < 4.78 is 0. The highest BCUT2D eigenvalue weighted by Crippen LogP contribution is 2.43. The molecule has 1 aromatic carbocycles. The molecule has 1 aliphatic rings. The van der Waals surface area contributed by atoms with Crippen molar-refractivity contribution >= 4 is 11.3 Å². The van der Waals surface area contributed by atoms with Crippen LogP contribution in [0.2, 0.25) is 0 Å². The van der Waals surface area contributed by atoms with Crippen molar-refractivity contribution in [2.45, 2.75) is 33.1 Å². The Labute approximate surface area is 101 Å². The van der Waals surface area contributed by atoms with E-state index < -0.39 is 0 Å². The minimum Gasteiger partial charge on any atom is -0.144 e. The highest BCUT2D eigenvalue weighted by molar-refractivity contribution is 7.12. The molecule has 1 heteroatoms. The van der Waals surface area contributed by atoms with Gasteiger partial charge < -0.3 is 0 Å². The number of hydrogen-bond donors (Lipinski definition) is 0. The minimum absolute atomic E-state index is 0.657. The predicted molar refractivity (Wildman–Crippen MR) is 71.4 cm³/mol. The second-order valence-corrected chi connectivity index (χ2v) is 6.15. The van der Waals surface area contributed by atoms with Crippen molar-refractivity contribution in [2.75, 3.05) is 0 Å². The summed E-state index contributed by atoms with van der Waals surface area (Å²) in [7, 11) is 0. The molecule has 0 bridgehead atoms. The van der Waals surface area contributed by atoms with E-state index in [1.54, 1.807) is 4.88 Å². The van der Waals surface area contributed by atoms with E-state index in [4.69, 9.17) is 0 Å². The Hall–Kier alpha value is -1.08. The first kappa shape index (κ1) is 10.1. The number of rotatable bonds is 1. The van der Waals surface area contributed by atoms with Crippen LogP contribution < -0.4 is 0 Å². The summed E-state index contributed by atoms with van der Waals surface area (Å²) in [4.78, 5) is 3.08. The van der Waals surface area contributed by atoms with E-state index in [0.717, 1.165) is 6.42 Å². The van der Waals surface area contributed by atoms with Gasteiger partial charge in [-0.1, -0.05) is 37.6 Å². The lowest BCUT2D eigenvalue weighted by molar-refractivity contribution is 0.890. The van der Waals surface area contributed by atoms with Gasteiger partial charge in [-0.25, -0.2) is 0 Å². The largest absolute Gasteiger partial charge is 0.144 e. The maximum atomic E-state index is 2.39. The molecule has 1 aliphatic carbocycles. The smallest absolute Gasteiger partial charge is 0.0171 e. The Morgan fingerprint density at radius 3 is 2.69 bits per heavy atom. The third kappa shape index (κ3) is 1.42. The van der Waals surface area contributed by atoms with Crippen molar-refractivity contribution in [3.63, 3.8) is 0 Å². The van der Waals surface area contributed by atoms with Crippen molar-refractivity contribution in [3.8, 4) is 11.1 Å². The summed E-state index contributed by atoms with van der Waals surface area (Å²) in [5.41, 5.74) is 5.84. The molecule has 0 saturated heterocycles. The molecule has 0 nitrogen and oxygen atoms in total. The molecule has 16 heavy (non-hydrogen) atoms. The molecular formula is C15H16S. The number of hydrogen-bond acceptors (Lipinski definition) is 1. The van der Waals surface area contributed by atoms with E-state index in [-0.39, 0.29) is 0 Å². The number of thiophene rings is 1. The average Bonchev–Trinajstić information content (AvgIpc) is 2.73. The van der Waals surface area contributed by atoms with Gasteiger partial charge in [-0.2, -0.15) is 0 Å². The molecule has 0 saturated carbocycles. The molecule has 0 aliphatic heterocycles. The number of benzene rings is 1. The van der Waals surface area contributed by atoms with Crippen molar-refractivity contribution < 1.29 is 0 Å². The molecule has 0 amide bonds. The Morgan fingerprint density at radius 1 is 1.12 bits per heavy atom. The van der Waals surface area contributed by atoms with Crippen LogP contribution in [0, 0.1) is 6.92 Å². The Kier molecular flexibility index (Phi) is 2.18. The van der Waals surface area contributed by atoms with Gasteiger partial charge in [0.1, 0.15) is 0 Å². The second kappa shape index (κ2) is 3.46.